The number of hydrogen-bond acceptors (Lipinski definition) is 3. The molecule has 0 unspecified atom stereocenters. The molecule has 2 rings (SSSR count). The molecule has 0 radical (unpaired) electrons. The second kappa shape index (κ2) is 8.70. The molecular formula is C21H29NOS. The highest BCUT2D eigenvalue weighted by molar-refractivity contribution is 7.98. The van der Waals surface area contributed by atoms with Crippen molar-refractivity contribution < 1.29 is 4.74 Å². The smallest absolute Gasteiger partial charge is 0.0754 e. The van der Waals surface area contributed by atoms with Crippen LogP contribution in [0.1, 0.15) is 50.4 Å². The van der Waals surface area contributed by atoms with Gasteiger partial charge in [0.2, 0.25) is 0 Å². The van der Waals surface area contributed by atoms with E-state index in [0.29, 0.717) is 6.61 Å². The normalized spacial score (nSPS) is 14.4. The predicted octanol–water partition coefficient (Wildman–Crippen LogP) is 5.68. The first-order valence-corrected chi connectivity index (χ1v) is 9.32. The lowest BCUT2D eigenvalue weighted by Crippen LogP contribution is -2.31. The molecule has 130 valence electrons. The highest BCUT2D eigenvalue weighted by Gasteiger charge is 2.23. The molecule has 0 heterocycles. The molecule has 0 aliphatic heterocycles. The Labute approximate surface area is 151 Å². The molecule has 0 spiro atoms. The summed E-state index contributed by atoms with van der Waals surface area (Å²) in [5.41, 5.74) is 3.75. The minimum Gasteiger partial charge on any atom is -0.372 e. The molecular weight excluding hydrogens is 314 g/mol. The van der Waals surface area contributed by atoms with Crippen molar-refractivity contribution in [2.45, 2.75) is 58.1 Å². The summed E-state index contributed by atoms with van der Waals surface area (Å²) in [6.45, 7) is 11.6. The van der Waals surface area contributed by atoms with Gasteiger partial charge >= 0.3 is 0 Å². The van der Waals surface area contributed by atoms with Crippen molar-refractivity contribution in [1.29, 1.82) is 0 Å². The predicted molar refractivity (Wildman–Crippen MR) is 105 cm³/mol. The fourth-order valence-corrected chi connectivity index (χ4v) is 3.25. The highest BCUT2D eigenvalue weighted by atomic mass is 32.2. The summed E-state index contributed by atoms with van der Waals surface area (Å²) in [4.78, 5) is 0. The zero-order valence-corrected chi connectivity index (χ0v) is 16.2. The van der Waals surface area contributed by atoms with E-state index in [1.165, 1.54) is 16.7 Å². The summed E-state index contributed by atoms with van der Waals surface area (Å²) in [7, 11) is 0. The van der Waals surface area contributed by atoms with Crippen LogP contribution in [0.5, 0.6) is 0 Å². The van der Waals surface area contributed by atoms with Gasteiger partial charge in [0.15, 0.2) is 0 Å². The number of nitrogens with one attached hydrogen (secondary N) is 1. The van der Waals surface area contributed by atoms with Crippen molar-refractivity contribution in [3.63, 3.8) is 0 Å². The molecule has 0 aromatic heterocycles. The minimum absolute atomic E-state index is 0.0712. The van der Waals surface area contributed by atoms with E-state index in [1.807, 2.05) is 6.07 Å². The van der Waals surface area contributed by atoms with Crippen LogP contribution >= 0.6 is 11.9 Å². The first-order chi connectivity index (χ1) is 11.3. The van der Waals surface area contributed by atoms with Crippen LogP contribution in [0.2, 0.25) is 0 Å². The third-order valence-electron chi connectivity index (χ3n) is 3.72. The van der Waals surface area contributed by atoms with Gasteiger partial charge in [0.1, 0.15) is 0 Å². The van der Waals surface area contributed by atoms with Crippen molar-refractivity contribution in [3.05, 3.63) is 71.3 Å². The molecule has 0 bridgehead atoms. The van der Waals surface area contributed by atoms with E-state index in [1.54, 1.807) is 11.9 Å². The summed E-state index contributed by atoms with van der Waals surface area (Å²) in [6, 6.07) is 19.2. The van der Waals surface area contributed by atoms with Gasteiger partial charge < -0.3 is 4.74 Å². The molecule has 2 aromatic carbocycles. The van der Waals surface area contributed by atoms with Crippen LogP contribution in [-0.2, 0) is 11.3 Å². The molecule has 24 heavy (non-hydrogen) atoms. The lowest BCUT2D eigenvalue weighted by atomic mass is 10.0. The maximum Gasteiger partial charge on any atom is 0.0754 e. The molecule has 2 atom stereocenters. The molecule has 0 aliphatic rings. The average Bonchev–Trinajstić information content (AvgIpc) is 2.53. The quantitative estimate of drug-likeness (QED) is 0.654. The van der Waals surface area contributed by atoms with E-state index in [2.05, 4.69) is 87.9 Å². The van der Waals surface area contributed by atoms with E-state index >= 15 is 0 Å². The number of aryl methyl sites for hydroxylation is 1. The first kappa shape index (κ1) is 19.0. The van der Waals surface area contributed by atoms with Crippen LogP contribution in [0.15, 0.2) is 54.6 Å². The lowest BCUT2D eigenvalue weighted by molar-refractivity contribution is 0.0324. The van der Waals surface area contributed by atoms with Gasteiger partial charge in [-0.05, 0) is 45.7 Å². The Balaban J connectivity index is 2.08. The van der Waals surface area contributed by atoms with Crippen LogP contribution in [0, 0.1) is 6.92 Å². The van der Waals surface area contributed by atoms with E-state index in [4.69, 9.17) is 4.74 Å². The Kier molecular flexibility index (Phi) is 6.90. The summed E-state index contributed by atoms with van der Waals surface area (Å²) < 4.78 is 9.96. The van der Waals surface area contributed by atoms with Crippen LogP contribution in [0.4, 0.5) is 0 Å². The molecule has 0 saturated heterocycles. The summed E-state index contributed by atoms with van der Waals surface area (Å²) in [5.74, 6) is 0. The van der Waals surface area contributed by atoms with Crippen LogP contribution in [-0.4, -0.2) is 10.9 Å². The molecule has 0 fully saturated rings. The third kappa shape index (κ3) is 6.31. The van der Waals surface area contributed by atoms with Crippen molar-refractivity contribution >= 4 is 11.9 Å². The molecule has 1 N–H and O–H groups in total. The summed E-state index contributed by atoms with van der Waals surface area (Å²) >= 11 is 1.76. The van der Waals surface area contributed by atoms with Gasteiger partial charge in [-0.2, -0.15) is 0 Å². The Bertz CT molecular complexity index is 621. The Morgan fingerprint density at radius 3 is 2.38 bits per heavy atom. The summed E-state index contributed by atoms with van der Waals surface area (Å²) in [6.07, 6.45) is 0.0712. The Hall–Kier alpha value is -1.29. The van der Waals surface area contributed by atoms with Crippen LogP contribution < -0.4 is 4.72 Å². The van der Waals surface area contributed by atoms with Gasteiger partial charge in [0, 0.05) is 4.75 Å². The van der Waals surface area contributed by atoms with Crippen molar-refractivity contribution in [2.24, 2.45) is 0 Å². The van der Waals surface area contributed by atoms with Gasteiger partial charge in [0.05, 0.1) is 18.8 Å². The second-order valence-corrected chi connectivity index (χ2v) is 8.89. The number of benzene rings is 2. The highest BCUT2D eigenvalue weighted by Crippen LogP contribution is 2.28. The SMILES string of the molecule is Cc1cccc([C@H](NSC(C)(C)C)[C@H](C)OCc2ccccc2)c1. The van der Waals surface area contributed by atoms with Gasteiger partial charge in [-0.3, -0.25) is 4.72 Å². The number of ether oxygens (including phenoxy) is 1. The standard InChI is InChI=1S/C21H29NOS/c1-16-10-9-13-19(14-16)20(22-24-21(3,4)5)17(2)23-15-18-11-7-6-8-12-18/h6-14,17,20,22H,15H2,1-5H3/t17-,20+/m0/s1. The van der Waals surface area contributed by atoms with Gasteiger partial charge in [-0.25, -0.2) is 0 Å². The minimum atomic E-state index is 0.0712. The first-order valence-electron chi connectivity index (χ1n) is 8.51. The fourth-order valence-electron chi connectivity index (χ4n) is 2.44. The van der Waals surface area contributed by atoms with Crippen LogP contribution in [0.3, 0.4) is 0 Å². The molecule has 0 saturated carbocycles. The molecule has 3 heteroatoms. The molecule has 2 aromatic rings. The van der Waals surface area contributed by atoms with Crippen molar-refractivity contribution in [3.8, 4) is 0 Å². The lowest BCUT2D eigenvalue weighted by Gasteiger charge is -2.29. The molecule has 2 nitrogen and oxygen atoms in total. The topological polar surface area (TPSA) is 21.3 Å². The molecule has 0 aliphatic carbocycles. The zero-order chi connectivity index (χ0) is 17.6. The van der Waals surface area contributed by atoms with Crippen LogP contribution in [0.25, 0.3) is 0 Å². The number of rotatable bonds is 7. The van der Waals surface area contributed by atoms with Crippen molar-refractivity contribution in [2.75, 3.05) is 0 Å². The number of hydrogen-bond donors (Lipinski definition) is 1. The maximum atomic E-state index is 6.17. The van der Waals surface area contributed by atoms with Crippen molar-refractivity contribution in [1.82, 2.24) is 4.72 Å². The van der Waals surface area contributed by atoms with Gasteiger partial charge in [-0.1, -0.05) is 72.1 Å². The largest absolute Gasteiger partial charge is 0.372 e. The zero-order valence-electron chi connectivity index (χ0n) is 15.4. The Morgan fingerprint density at radius 2 is 1.75 bits per heavy atom. The van der Waals surface area contributed by atoms with E-state index in [0.717, 1.165) is 0 Å². The monoisotopic (exact) mass is 343 g/mol. The van der Waals surface area contributed by atoms with Gasteiger partial charge in [-0.15, -0.1) is 0 Å². The van der Waals surface area contributed by atoms with E-state index in [9.17, 15) is 0 Å². The molecule has 0 amide bonds. The third-order valence-corrected chi connectivity index (χ3v) is 4.70. The van der Waals surface area contributed by atoms with Gasteiger partial charge in [0.25, 0.3) is 0 Å². The summed E-state index contributed by atoms with van der Waals surface area (Å²) in [5, 5.41) is 0. The van der Waals surface area contributed by atoms with E-state index < -0.39 is 0 Å². The maximum absolute atomic E-state index is 6.17. The Morgan fingerprint density at radius 1 is 1.04 bits per heavy atom. The second-order valence-electron chi connectivity index (χ2n) is 7.23. The fraction of sp³-hybridized carbons (Fsp3) is 0.429. The van der Waals surface area contributed by atoms with E-state index in [-0.39, 0.29) is 16.9 Å². The average molecular weight is 344 g/mol.